The highest BCUT2D eigenvalue weighted by molar-refractivity contribution is 5.77. The van der Waals surface area contributed by atoms with Crippen LogP contribution in [-0.2, 0) is 13.6 Å². The minimum atomic E-state index is -0.390. The Hall–Kier alpha value is -3.35. The zero-order chi connectivity index (χ0) is 21.2. The zero-order valence-electron chi connectivity index (χ0n) is 17.7. The van der Waals surface area contributed by atoms with Crippen molar-refractivity contribution in [3.63, 3.8) is 0 Å². The molecule has 0 aliphatic rings. The fourth-order valence-electron chi connectivity index (χ4n) is 4.00. The molecule has 29 heavy (non-hydrogen) atoms. The third-order valence-corrected chi connectivity index (χ3v) is 5.54. The van der Waals surface area contributed by atoms with Crippen molar-refractivity contribution in [2.24, 2.45) is 7.05 Å². The van der Waals surface area contributed by atoms with E-state index in [1.807, 2.05) is 18.2 Å². The lowest BCUT2D eigenvalue weighted by molar-refractivity contribution is 0.651. The van der Waals surface area contributed by atoms with Gasteiger partial charge in [-0.2, -0.15) is 4.98 Å². The lowest BCUT2D eigenvalue weighted by atomic mass is 10.1. The predicted molar refractivity (Wildman–Crippen MR) is 115 cm³/mol. The summed E-state index contributed by atoms with van der Waals surface area (Å²) in [5.41, 5.74) is 6.02. The van der Waals surface area contributed by atoms with Crippen LogP contribution in [0, 0.1) is 27.7 Å². The molecule has 0 bridgehead atoms. The van der Waals surface area contributed by atoms with Crippen LogP contribution in [0.4, 0.5) is 0 Å². The van der Waals surface area contributed by atoms with Crippen LogP contribution in [0.25, 0.3) is 22.6 Å². The molecule has 0 spiro atoms. The number of hydrogen-bond donors (Lipinski definition) is 0. The normalized spacial score (nSPS) is 11.7. The second-order valence-corrected chi connectivity index (χ2v) is 7.91. The highest BCUT2D eigenvalue weighted by Gasteiger charge is 2.23. The van der Waals surface area contributed by atoms with Gasteiger partial charge in [-0.15, -0.1) is 0 Å². The Morgan fingerprint density at radius 3 is 2.41 bits per heavy atom. The van der Waals surface area contributed by atoms with Crippen LogP contribution in [0.15, 0.2) is 39.9 Å². The largest absolute Gasteiger partial charge is 0.332 e. The lowest BCUT2D eigenvalue weighted by Gasteiger charge is -2.11. The second-order valence-electron chi connectivity index (χ2n) is 7.91. The summed E-state index contributed by atoms with van der Waals surface area (Å²) in [7, 11) is 1.65. The summed E-state index contributed by atoms with van der Waals surface area (Å²) in [5, 5.41) is 0. The van der Waals surface area contributed by atoms with Gasteiger partial charge in [0.05, 0.1) is 12.2 Å². The number of rotatable bonds is 3. The molecule has 7 heteroatoms. The average molecular weight is 391 g/mol. The van der Waals surface area contributed by atoms with E-state index in [9.17, 15) is 9.59 Å². The van der Waals surface area contributed by atoms with Gasteiger partial charge < -0.3 is 0 Å². The highest BCUT2D eigenvalue weighted by atomic mass is 16.2. The van der Waals surface area contributed by atoms with E-state index in [-0.39, 0.29) is 12.1 Å². The summed E-state index contributed by atoms with van der Waals surface area (Å²) >= 11 is 0. The minimum Gasteiger partial charge on any atom is -0.282 e. The topological polar surface area (TPSA) is 66.2 Å². The molecule has 0 saturated carbocycles. The molecular formula is C22H25N5O2. The molecule has 150 valence electrons. The monoisotopic (exact) mass is 391 g/mol. The van der Waals surface area contributed by atoms with Crippen molar-refractivity contribution >= 4 is 16.9 Å². The number of imidazole rings is 2. The molecule has 0 atom stereocenters. The van der Waals surface area contributed by atoms with Crippen molar-refractivity contribution in [1.82, 2.24) is 23.1 Å². The molecule has 0 aliphatic carbocycles. The maximum atomic E-state index is 13.3. The van der Waals surface area contributed by atoms with E-state index < -0.39 is 5.69 Å². The first kappa shape index (κ1) is 19.0. The van der Waals surface area contributed by atoms with E-state index in [4.69, 9.17) is 4.98 Å². The summed E-state index contributed by atoms with van der Waals surface area (Å²) in [6, 6.07) is 6.25. The Bertz CT molecular complexity index is 1440. The quantitative estimate of drug-likeness (QED) is 0.504. The van der Waals surface area contributed by atoms with Crippen molar-refractivity contribution in [2.75, 3.05) is 0 Å². The van der Waals surface area contributed by atoms with Gasteiger partial charge in [-0.1, -0.05) is 29.8 Å². The maximum absolute atomic E-state index is 13.3. The van der Waals surface area contributed by atoms with Crippen LogP contribution in [0.5, 0.6) is 0 Å². The van der Waals surface area contributed by atoms with E-state index in [2.05, 4.69) is 43.2 Å². The maximum Gasteiger partial charge on any atom is 0.332 e. The van der Waals surface area contributed by atoms with Gasteiger partial charge in [0, 0.05) is 18.4 Å². The number of benzene rings is 1. The van der Waals surface area contributed by atoms with Gasteiger partial charge in [-0.3, -0.25) is 22.9 Å². The van der Waals surface area contributed by atoms with Crippen LogP contribution < -0.4 is 11.2 Å². The molecule has 4 aromatic rings. The molecule has 0 N–H and O–H groups in total. The first-order chi connectivity index (χ1) is 13.6. The van der Waals surface area contributed by atoms with E-state index in [0.29, 0.717) is 16.9 Å². The summed E-state index contributed by atoms with van der Waals surface area (Å²) in [6.07, 6.45) is 0. The Kier molecular flexibility index (Phi) is 4.15. The van der Waals surface area contributed by atoms with E-state index in [1.54, 1.807) is 14.0 Å². The lowest BCUT2D eigenvalue weighted by Crippen LogP contribution is -2.39. The molecule has 3 aromatic heterocycles. The van der Waals surface area contributed by atoms with Gasteiger partial charge in [0.2, 0.25) is 5.78 Å². The van der Waals surface area contributed by atoms with Crippen LogP contribution in [0.3, 0.4) is 0 Å². The van der Waals surface area contributed by atoms with Crippen molar-refractivity contribution in [1.29, 1.82) is 0 Å². The Labute approximate surface area is 168 Å². The molecule has 0 fully saturated rings. The third-order valence-electron chi connectivity index (χ3n) is 5.54. The smallest absolute Gasteiger partial charge is 0.282 e. The average Bonchev–Trinajstić information content (AvgIpc) is 3.14. The number of aryl methyl sites for hydroxylation is 4. The fourth-order valence-corrected chi connectivity index (χ4v) is 4.00. The van der Waals surface area contributed by atoms with Crippen molar-refractivity contribution in [2.45, 2.75) is 41.2 Å². The highest BCUT2D eigenvalue weighted by Crippen LogP contribution is 2.26. The Morgan fingerprint density at radius 1 is 1.10 bits per heavy atom. The number of allylic oxidation sites excluding steroid dienone is 1. The van der Waals surface area contributed by atoms with Gasteiger partial charge in [0.15, 0.2) is 11.2 Å². The molecule has 4 rings (SSSR count). The SMILES string of the molecule is C=C(C)Cn1c(=O)c2c(nc3n(-c4ccc(C)cc4C)c(C)c(C)n23)n(C)c1=O. The molecule has 1 aromatic carbocycles. The summed E-state index contributed by atoms with van der Waals surface area (Å²) < 4.78 is 6.58. The van der Waals surface area contributed by atoms with Gasteiger partial charge in [-0.05, 0) is 46.2 Å². The van der Waals surface area contributed by atoms with Crippen LogP contribution in [-0.4, -0.2) is 23.1 Å². The first-order valence-corrected chi connectivity index (χ1v) is 9.55. The number of aromatic nitrogens is 5. The molecule has 7 nitrogen and oxygen atoms in total. The number of hydrogen-bond acceptors (Lipinski definition) is 3. The van der Waals surface area contributed by atoms with Crippen LogP contribution in [0.2, 0.25) is 0 Å². The van der Waals surface area contributed by atoms with Crippen molar-refractivity contribution in [3.8, 4) is 5.69 Å². The predicted octanol–water partition coefficient (Wildman–Crippen LogP) is 2.95. The molecule has 3 heterocycles. The second kappa shape index (κ2) is 6.34. The fraction of sp³-hybridized carbons (Fsp3) is 0.318. The summed E-state index contributed by atoms with van der Waals surface area (Å²) in [4.78, 5) is 30.8. The summed E-state index contributed by atoms with van der Waals surface area (Å²) in [6.45, 7) is 13.9. The van der Waals surface area contributed by atoms with Gasteiger partial charge >= 0.3 is 5.69 Å². The van der Waals surface area contributed by atoms with Gasteiger partial charge in [-0.25, -0.2) is 4.79 Å². The third kappa shape index (κ3) is 2.61. The van der Waals surface area contributed by atoms with Crippen molar-refractivity contribution in [3.05, 3.63) is 73.7 Å². The van der Waals surface area contributed by atoms with E-state index in [0.717, 1.165) is 28.2 Å². The minimum absolute atomic E-state index is 0.185. The molecule has 0 saturated heterocycles. The van der Waals surface area contributed by atoms with Crippen LogP contribution >= 0.6 is 0 Å². The van der Waals surface area contributed by atoms with Gasteiger partial charge in [0.1, 0.15) is 0 Å². The number of fused-ring (bicyclic) bond motifs is 3. The first-order valence-electron chi connectivity index (χ1n) is 9.55. The van der Waals surface area contributed by atoms with E-state index >= 15 is 0 Å². The van der Waals surface area contributed by atoms with Crippen molar-refractivity contribution < 1.29 is 0 Å². The zero-order valence-corrected chi connectivity index (χ0v) is 17.7. The number of nitrogens with zero attached hydrogens (tertiary/aromatic N) is 5. The molecular weight excluding hydrogens is 366 g/mol. The van der Waals surface area contributed by atoms with Crippen LogP contribution in [0.1, 0.15) is 29.4 Å². The molecule has 0 unspecified atom stereocenters. The summed E-state index contributed by atoms with van der Waals surface area (Å²) in [5.74, 6) is 0.627. The Balaban J connectivity index is 2.20. The Morgan fingerprint density at radius 2 is 1.79 bits per heavy atom. The standard InChI is InChI=1S/C22H25N5O2/c1-12(2)11-25-20(28)18-19(24(7)22(25)29)23-21-26(15(5)16(6)27(18)21)17-9-8-13(3)10-14(17)4/h8-10H,1,11H2,2-7H3. The van der Waals surface area contributed by atoms with Gasteiger partial charge in [0.25, 0.3) is 5.56 Å². The molecule has 0 amide bonds. The van der Waals surface area contributed by atoms with E-state index in [1.165, 1.54) is 14.7 Å². The molecule has 0 aliphatic heterocycles. The molecule has 0 radical (unpaired) electrons.